The summed E-state index contributed by atoms with van der Waals surface area (Å²) in [5, 5.41) is 2.88. The number of ether oxygens (including phenoxy) is 2. The SMILES string of the molecule is CCC(OC(=O)c1ccnc(Cl)c1)C(=O)Nc1cccc(OC)c1. The molecule has 0 radical (unpaired) electrons. The van der Waals surface area contributed by atoms with Gasteiger partial charge in [0.25, 0.3) is 5.91 Å². The molecule has 1 aromatic carbocycles. The van der Waals surface area contributed by atoms with E-state index in [1.54, 1.807) is 31.2 Å². The number of aromatic nitrogens is 1. The second-order valence-corrected chi connectivity index (χ2v) is 5.28. The van der Waals surface area contributed by atoms with Crippen molar-refractivity contribution in [3.05, 3.63) is 53.3 Å². The lowest BCUT2D eigenvalue weighted by Gasteiger charge is -2.16. The number of pyridine rings is 1. The molecule has 0 aliphatic rings. The first-order valence-corrected chi connectivity index (χ1v) is 7.68. The summed E-state index contributed by atoms with van der Waals surface area (Å²) in [7, 11) is 1.54. The van der Waals surface area contributed by atoms with E-state index in [4.69, 9.17) is 21.1 Å². The lowest BCUT2D eigenvalue weighted by molar-refractivity contribution is -0.124. The van der Waals surface area contributed by atoms with Crippen LogP contribution >= 0.6 is 11.6 Å². The molecule has 2 aromatic rings. The zero-order valence-electron chi connectivity index (χ0n) is 13.3. The summed E-state index contributed by atoms with van der Waals surface area (Å²) in [6.07, 6.45) is 0.812. The van der Waals surface area contributed by atoms with Gasteiger partial charge in [-0.2, -0.15) is 0 Å². The Balaban J connectivity index is 2.04. The van der Waals surface area contributed by atoms with Crippen molar-refractivity contribution in [1.82, 2.24) is 4.98 Å². The average molecular weight is 349 g/mol. The zero-order chi connectivity index (χ0) is 17.5. The first-order chi connectivity index (χ1) is 11.5. The first kappa shape index (κ1) is 17.7. The number of hydrogen-bond donors (Lipinski definition) is 1. The van der Waals surface area contributed by atoms with Crippen LogP contribution in [0.2, 0.25) is 5.15 Å². The van der Waals surface area contributed by atoms with Gasteiger partial charge in [-0.15, -0.1) is 0 Å². The van der Waals surface area contributed by atoms with E-state index >= 15 is 0 Å². The largest absolute Gasteiger partial charge is 0.497 e. The standard InChI is InChI=1S/C17H17ClN2O4/c1-3-14(24-17(22)11-7-8-19-15(18)9-11)16(21)20-12-5-4-6-13(10-12)23-2/h4-10,14H,3H2,1-2H3,(H,20,21). The number of anilines is 1. The van der Waals surface area contributed by atoms with Crippen molar-refractivity contribution in [3.8, 4) is 5.75 Å². The summed E-state index contributed by atoms with van der Waals surface area (Å²) in [4.78, 5) is 28.2. The lowest BCUT2D eigenvalue weighted by atomic mass is 10.2. The molecule has 1 N–H and O–H groups in total. The average Bonchev–Trinajstić information content (AvgIpc) is 2.59. The Hall–Kier alpha value is -2.60. The summed E-state index contributed by atoms with van der Waals surface area (Å²) in [6, 6.07) is 9.77. The quantitative estimate of drug-likeness (QED) is 0.640. The van der Waals surface area contributed by atoms with Crippen LogP contribution in [0.25, 0.3) is 0 Å². The van der Waals surface area contributed by atoms with Crippen molar-refractivity contribution in [2.45, 2.75) is 19.4 Å². The fraction of sp³-hybridized carbons (Fsp3) is 0.235. The summed E-state index contributed by atoms with van der Waals surface area (Å²) in [6.45, 7) is 1.75. The van der Waals surface area contributed by atoms with E-state index in [9.17, 15) is 9.59 Å². The molecular weight excluding hydrogens is 332 g/mol. The predicted octanol–water partition coefficient (Wildman–Crippen LogP) is 3.32. The molecule has 1 amide bonds. The number of nitrogens with zero attached hydrogens (tertiary/aromatic N) is 1. The molecule has 6 nitrogen and oxygen atoms in total. The molecule has 2 rings (SSSR count). The third kappa shape index (κ3) is 4.70. The van der Waals surface area contributed by atoms with Gasteiger partial charge >= 0.3 is 5.97 Å². The van der Waals surface area contributed by atoms with Crippen LogP contribution in [0.4, 0.5) is 5.69 Å². The van der Waals surface area contributed by atoms with Crippen LogP contribution in [-0.2, 0) is 9.53 Å². The lowest BCUT2D eigenvalue weighted by Crippen LogP contribution is -2.32. The van der Waals surface area contributed by atoms with Crippen LogP contribution in [0, 0.1) is 0 Å². The maximum Gasteiger partial charge on any atom is 0.339 e. The minimum Gasteiger partial charge on any atom is -0.497 e. The topological polar surface area (TPSA) is 77.5 Å². The van der Waals surface area contributed by atoms with Gasteiger partial charge in [-0.05, 0) is 30.7 Å². The van der Waals surface area contributed by atoms with Crippen LogP contribution in [0.1, 0.15) is 23.7 Å². The third-order valence-corrected chi connectivity index (χ3v) is 3.42. The molecule has 0 aliphatic heterocycles. The number of amides is 1. The van der Waals surface area contributed by atoms with Crippen molar-refractivity contribution in [2.75, 3.05) is 12.4 Å². The molecular formula is C17H17ClN2O4. The zero-order valence-corrected chi connectivity index (χ0v) is 14.0. The van der Waals surface area contributed by atoms with Crippen LogP contribution in [0.15, 0.2) is 42.6 Å². The number of hydrogen-bond acceptors (Lipinski definition) is 5. The van der Waals surface area contributed by atoms with Crippen LogP contribution in [0.5, 0.6) is 5.75 Å². The van der Waals surface area contributed by atoms with Crippen molar-refractivity contribution < 1.29 is 19.1 Å². The molecule has 0 bridgehead atoms. The van der Waals surface area contributed by atoms with Gasteiger partial charge in [0.1, 0.15) is 10.9 Å². The van der Waals surface area contributed by atoms with Gasteiger partial charge in [0.05, 0.1) is 12.7 Å². The highest BCUT2D eigenvalue weighted by Gasteiger charge is 2.22. The van der Waals surface area contributed by atoms with Gasteiger partial charge in [-0.3, -0.25) is 4.79 Å². The van der Waals surface area contributed by atoms with Crippen LogP contribution in [-0.4, -0.2) is 30.1 Å². The Kier molecular flexibility index (Phi) is 6.14. The third-order valence-electron chi connectivity index (χ3n) is 3.21. The van der Waals surface area contributed by atoms with Crippen LogP contribution < -0.4 is 10.1 Å². The highest BCUT2D eigenvalue weighted by Crippen LogP contribution is 2.18. The maximum atomic E-state index is 12.3. The number of carbonyl (C=O) groups excluding carboxylic acids is 2. The molecule has 0 saturated heterocycles. The maximum absolute atomic E-state index is 12.3. The first-order valence-electron chi connectivity index (χ1n) is 7.31. The number of benzene rings is 1. The van der Waals surface area contributed by atoms with Gasteiger partial charge in [0.15, 0.2) is 6.10 Å². The van der Waals surface area contributed by atoms with E-state index in [2.05, 4.69) is 10.3 Å². The Bertz CT molecular complexity index is 736. The number of carbonyl (C=O) groups is 2. The van der Waals surface area contributed by atoms with E-state index in [0.29, 0.717) is 17.9 Å². The molecule has 0 fully saturated rings. The molecule has 126 valence electrons. The second kappa shape index (κ2) is 8.31. The van der Waals surface area contributed by atoms with E-state index in [1.807, 2.05) is 0 Å². The Morgan fingerprint density at radius 2 is 2.08 bits per heavy atom. The molecule has 1 aromatic heterocycles. The van der Waals surface area contributed by atoms with Crippen molar-refractivity contribution >= 4 is 29.2 Å². The van der Waals surface area contributed by atoms with Gasteiger partial charge in [0.2, 0.25) is 0 Å². The molecule has 0 aliphatic carbocycles. The molecule has 1 heterocycles. The highest BCUT2D eigenvalue weighted by atomic mass is 35.5. The summed E-state index contributed by atoms with van der Waals surface area (Å²) in [5.74, 6) is -0.435. The van der Waals surface area contributed by atoms with Gasteiger partial charge in [-0.1, -0.05) is 24.6 Å². The molecule has 7 heteroatoms. The Morgan fingerprint density at radius 1 is 1.29 bits per heavy atom. The van der Waals surface area contributed by atoms with E-state index < -0.39 is 18.0 Å². The van der Waals surface area contributed by atoms with Crippen molar-refractivity contribution in [3.63, 3.8) is 0 Å². The molecule has 1 atom stereocenters. The molecule has 1 unspecified atom stereocenters. The predicted molar refractivity (Wildman–Crippen MR) is 90.4 cm³/mol. The number of nitrogens with one attached hydrogen (secondary N) is 1. The Labute approximate surface area is 144 Å². The van der Waals surface area contributed by atoms with Gasteiger partial charge in [0, 0.05) is 18.0 Å². The number of rotatable bonds is 6. The van der Waals surface area contributed by atoms with E-state index in [1.165, 1.54) is 25.4 Å². The minimum absolute atomic E-state index is 0.179. The van der Waals surface area contributed by atoms with E-state index in [-0.39, 0.29) is 10.7 Å². The number of methoxy groups -OCH3 is 1. The molecule has 0 saturated carbocycles. The molecule has 0 spiro atoms. The summed E-state index contributed by atoms with van der Waals surface area (Å²) >= 11 is 5.75. The number of halogens is 1. The summed E-state index contributed by atoms with van der Waals surface area (Å²) in [5.41, 5.74) is 0.795. The van der Waals surface area contributed by atoms with Crippen LogP contribution in [0.3, 0.4) is 0 Å². The Morgan fingerprint density at radius 3 is 2.75 bits per heavy atom. The van der Waals surface area contributed by atoms with Crippen molar-refractivity contribution in [2.24, 2.45) is 0 Å². The monoisotopic (exact) mass is 348 g/mol. The smallest absolute Gasteiger partial charge is 0.339 e. The normalized spacial score (nSPS) is 11.5. The van der Waals surface area contributed by atoms with Gasteiger partial charge in [-0.25, -0.2) is 9.78 Å². The fourth-order valence-corrected chi connectivity index (χ4v) is 2.15. The summed E-state index contributed by atoms with van der Waals surface area (Å²) < 4.78 is 10.4. The fourth-order valence-electron chi connectivity index (χ4n) is 1.97. The second-order valence-electron chi connectivity index (χ2n) is 4.89. The van der Waals surface area contributed by atoms with Gasteiger partial charge < -0.3 is 14.8 Å². The van der Waals surface area contributed by atoms with E-state index in [0.717, 1.165) is 0 Å². The van der Waals surface area contributed by atoms with Crippen molar-refractivity contribution in [1.29, 1.82) is 0 Å². The number of esters is 1. The minimum atomic E-state index is -0.921. The highest BCUT2D eigenvalue weighted by molar-refractivity contribution is 6.29. The molecule has 24 heavy (non-hydrogen) atoms.